The van der Waals surface area contributed by atoms with E-state index in [0.29, 0.717) is 12.2 Å². The van der Waals surface area contributed by atoms with Crippen molar-refractivity contribution in [2.24, 2.45) is 0 Å². The molecule has 2 N–H and O–H groups in total. The molecule has 0 aliphatic carbocycles. The minimum atomic E-state index is -0.469. The zero-order valence-electron chi connectivity index (χ0n) is 11.1. The third-order valence-electron chi connectivity index (χ3n) is 2.69. The van der Waals surface area contributed by atoms with Gasteiger partial charge < -0.3 is 10.5 Å². The maximum Gasteiger partial charge on any atom is 0.295 e. The van der Waals surface area contributed by atoms with Crippen LogP contribution in [0.5, 0.6) is 5.75 Å². The maximum absolute atomic E-state index is 11.0. The van der Waals surface area contributed by atoms with Crippen LogP contribution in [0.2, 0.25) is 0 Å². The Bertz CT molecular complexity index is 612. The van der Waals surface area contributed by atoms with E-state index in [1.165, 1.54) is 12.1 Å². The molecule has 104 valence electrons. The van der Waals surface area contributed by atoms with Gasteiger partial charge in [-0.1, -0.05) is 6.92 Å². The summed E-state index contributed by atoms with van der Waals surface area (Å²) in [5.74, 6) is 0.971. The first-order valence-corrected chi connectivity index (χ1v) is 6.26. The highest BCUT2D eigenvalue weighted by molar-refractivity contribution is 5.71. The average Bonchev–Trinajstić information content (AvgIpc) is 2.45. The lowest BCUT2D eigenvalue weighted by atomic mass is 10.1. The van der Waals surface area contributed by atoms with E-state index in [2.05, 4.69) is 4.98 Å². The molecule has 0 unspecified atom stereocenters. The third kappa shape index (κ3) is 3.03. The number of nitrogen functional groups attached to an aromatic ring is 1. The van der Waals surface area contributed by atoms with Crippen molar-refractivity contribution in [2.75, 3.05) is 12.3 Å². The highest BCUT2D eigenvalue weighted by atomic mass is 16.6. The van der Waals surface area contributed by atoms with E-state index in [-0.39, 0.29) is 17.2 Å². The summed E-state index contributed by atoms with van der Waals surface area (Å²) in [6.45, 7) is 2.66. The van der Waals surface area contributed by atoms with Crippen molar-refractivity contribution in [3.8, 4) is 17.0 Å². The summed E-state index contributed by atoms with van der Waals surface area (Å²) in [4.78, 5) is 14.6. The zero-order valence-corrected chi connectivity index (χ0v) is 11.1. The second-order valence-corrected chi connectivity index (χ2v) is 4.23. The first-order valence-electron chi connectivity index (χ1n) is 6.26. The van der Waals surface area contributed by atoms with Gasteiger partial charge in [0.1, 0.15) is 11.6 Å². The summed E-state index contributed by atoms with van der Waals surface area (Å²) in [5.41, 5.74) is 6.43. The standard InChI is InChI=1S/C14H15N3O3/c1-2-9-20-11-5-3-10(4-6-11)14-12(17(18)19)7-8-13(15)16-14/h3-8H,2,9H2,1H3,(H2,15,16). The molecular formula is C14H15N3O3. The molecule has 20 heavy (non-hydrogen) atoms. The molecule has 2 rings (SSSR count). The predicted molar refractivity (Wildman–Crippen MR) is 76.5 cm³/mol. The van der Waals surface area contributed by atoms with Crippen molar-refractivity contribution < 1.29 is 9.66 Å². The monoisotopic (exact) mass is 273 g/mol. The zero-order chi connectivity index (χ0) is 14.5. The number of nitrogens with two attached hydrogens (primary N) is 1. The number of nitrogens with zero attached hydrogens (tertiary/aromatic N) is 2. The molecular weight excluding hydrogens is 258 g/mol. The number of anilines is 1. The summed E-state index contributed by atoms with van der Waals surface area (Å²) < 4.78 is 5.47. The first kappa shape index (κ1) is 13.8. The Morgan fingerprint density at radius 3 is 2.55 bits per heavy atom. The molecule has 1 heterocycles. The van der Waals surface area contributed by atoms with Crippen molar-refractivity contribution in [2.45, 2.75) is 13.3 Å². The van der Waals surface area contributed by atoms with Gasteiger partial charge in [-0.2, -0.15) is 0 Å². The number of pyridine rings is 1. The van der Waals surface area contributed by atoms with E-state index in [4.69, 9.17) is 10.5 Å². The summed E-state index contributed by atoms with van der Waals surface area (Å²) in [6.07, 6.45) is 0.921. The summed E-state index contributed by atoms with van der Waals surface area (Å²) >= 11 is 0. The van der Waals surface area contributed by atoms with E-state index >= 15 is 0 Å². The van der Waals surface area contributed by atoms with E-state index in [1.54, 1.807) is 24.3 Å². The second kappa shape index (κ2) is 6.01. The summed E-state index contributed by atoms with van der Waals surface area (Å²) in [5, 5.41) is 11.0. The van der Waals surface area contributed by atoms with Crippen LogP contribution in [0.1, 0.15) is 13.3 Å². The minimum absolute atomic E-state index is 0.0681. The lowest BCUT2D eigenvalue weighted by molar-refractivity contribution is -0.384. The Balaban J connectivity index is 2.36. The molecule has 2 aromatic rings. The second-order valence-electron chi connectivity index (χ2n) is 4.23. The van der Waals surface area contributed by atoms with E-state index in [1.807, 2.05) is 6.92 Å². The smallest absolute Gasteiger partial charge is 0.295 e. The lowest BCUT2D eigenvalue weighted by Gasteiger charge is -2.06. The molecule has 0 aliphatic heterocycles. The van der Waals surface area contributed by atoms with Crippen LogP contribution in [0.3, 0.4) is 0 Å². The van der Waals surface area contributed by atoms with Crippen molar-refractivity contribution in [1.29, 1.82) is 0 Å². The van der Waals surface area contributed by atoms with Gasteiger partial charge >= 0.3 is 0 Å². The van der Waals surface area contributed by atoms with Crippen LogP contribution in [0.25, 0.3) is 11.3 Å². The molecule has 0 fully saturated rings. The van der Waals surface area contributed by atoms with Crippen molar-refractivity contribution in [1.82, 2.24) is 4.98 Å². The van der Waals surface area contributed by atoms with Crippen molar-refractivity contribution >= 4 is 11.5 Å². The number of rotatable bonds is 5. The van der Waals surface area contributed by atoms with E-state index < -0.39 is 4.92 Å². The molecule has 1 aromatic heterocycles. The number of aromatic nitrogens is 1. The number of hydrogen-bond acceptors (Lipinski definition) is 5. The van der Waals surface area contributed by atoms with Gasteiger partial charge in [0.2, 0.25) is 0 Å². The molecule has 6 heteroatoms. The average molecular weight is 273 g/mol. The van der Waals surface area contributed by atoms with Gasteiger partial charge in [0.25, 0.3) is 5.69 Å². The maximum atomic E-state index is 11.0. The normalized spacial score (nSPS) is 10.2. The van der Waals surface area contributed by atoms with Crippen LogP contribution in [-0.2, 0) is 0 Å². The molecule has 0 spiro atoms. The highest BCUT2D eigenvalue weighted by Crippen LogP contribution is 2.29. The van der Waals surface area contributed by atoms with Gasteiger partial charge in [0.15, 0.2) is 5.69 Å². The quantitative estimate of drug-likeness (QED) is 0.667. The van der Waals surface area contributed by atoms with Crippen LogP contribution in [0.4, 0.5) is 11.5 Å². The first-order chi connectivity index (χ1) is 9.61. The SMILES string of the molecule is CCCOc1ccc(-c2nc(N)ccc2[N+](=O)[O-])cc1. The molecule has 0 aliphatic rings. The summed E-state index contributed by atoms with van der Waals surface area (Å²) in [7, 11) is 0. The number of benzene rings is 1. The molecule has 0 saturated heterocycles. The topological polar surface area (TPSA) is 91.3 Å². The highest BCUT2D eigenvalue weighted by Gasteiger charge is 2.17. The van der Waals surface area contributed by atoms with Crippen LogP contribution in [0.15, 0.2) is 36.4 Å². The number of nitro groups is 1. The van der Waals surface area contributed by atoms with Gasteiger partial charge in [-0.15, -0.1) is 0 Å². The molecule has 0 amide bonds. The van der Waals surface area contributed by atoms with Gasteiger partial charge in [-0.05, 0) is 36.8 Å². The fourth-order valence-corrected chi connectivity index (χ4v) is 1.76. The predicted octanol–water partition coefficient (Wildman–Crippen LogP) is 3.03. The molecule has 0 radical (unpaired) electrons. The van der Waals surface area contributed by atoms with Gasteiger partial charge in [0.05, 0.1) is 11.5 Å². The van der Waals surface area contributed by atoms with Gasteiger partial charge in [-0.25, -0.2) is 4.98 Å². The Morgan fingerprint density at radius 1 is 1.25 bits per heavy atom. The van der Waals surface area contributed by atoms with Crippen LogP contribution in [-0.4, -0.2) is 16.5 Å². The number of ether oxygens (including phenoxy) is 1. The molecule has 1 aromatic carbocycles. The van der Waals surface area contributed by atoms with Gasteiger partial charge in [0, 0.05) is 11.6 Å². The summed E-state index contributed by atoms with van der Waals surface area (Å²) in [6, 6.07) is 9.78. The van der Waals surface area contributed by atoms with Crippen LogP contribution < -0.4 is 10.5 Å². The Hall–Kier alpha value is -2.63. The van der Waals surface area contributed by atoms with E-state index in [0.717, 1.165) is 12.2 Å². The minimum Gasteiger partial charge on any atom is -0.494 e. The van der Waals surface area contributed by atoms with E-state index in [9.17, 15) is 10.1 Å². The fraction of sp³-hybridized carbons (Fsp3) is 0.214. The lowest BCUT2D eigenvalue weighted by Crippen LogP contribution is -1.98. The Kier molecular flexibility index (Phi) is 4.14. The van der Waals surface area contributed by atoms with Crippen molar-refractivity contribution in [3.63, 3.8) is 0 Å². The largest absolute Gasteiger partial charge is 0.494 e. The molecule has 0 atom stereocenters. The Morgan fingerprint density at radius 2 is 1.95 bits per heavy atom. The number of hydrogen-bond donors (Lipinski definition) is 1. The fourth-order valence-electron chi connectivity index (χ4n) is 1.76. The van der Waals surface area contributed by atoms with Crippen LogP contribution >= 0.6 is 0 Å². The molecule has 0 saturated carbocycles. The molecule has 6 nitrogen and oxygen atoms in total. The van der Waals surface area contributed by atoms with Gasteiger partial charge in [-0.3, -0.25) is 10.1 Å². The third-order valence-corrected chi connectivity index (χ3v) is 2.69. The van der Waals surface area contributed by atoms with Crippen molar-refractivity contribution in [3.05, 3.63) is 46.5 Å². The van der Waals surface area contributed by atoms with Crippen LogP contribution in [0, 0.1) is 10.1 Å². The Labute approximate surface area is 116 Å². The molecule has 0 bridgehead atoms.